The molecule has 1 aromatic rings. The molecule has 0 saturated carbocycles. The fourth-order valence-electron chi connectivity index (χ4n) is 2.86. The van der Waals surface area contributed by atoms with Crippen LogP contribution in [-0.4, -0.2) is 24.8 Å². The monoisotopic (exact) mass is 302 g/mol. The molecular formula is C13H22N2O2S2. The Morgan fingerprint density at radius 1 is 1.47 bits per heavy atom. The van der Waals surface area contributed by atoms with Gasteiger partial charge in [-0.1, -0.05) is 6.92 Å². The molecule has 19 heavy (non-hydrogen) atoms. The van der Waals surface area contributed by atoms with Crippen molar-refractivity contribution in [3.8, 4) is 0 Å². The summed E-state index contributed by atoms with van der Waals surface area (Å²) >= 11 is 1.48. The Morgan fingerprint density at radius 2 is 2.16 bits per heavy atom. The van der Waals surface area contributed by atoms with Gasteiger partial charge in [0.05, 0.1) is 4.90 Å². The number of thiophene rings is 1. The zero-order valence-electron chi connectivity index (χ0n) is 11.7. The molecule has 1 fully saturated rings. The molecule has 2 heterocycles. The lowest BCUT2D eigenvalue weighted by Crippen LogP contribution is -2.39. The number of rotatable bonds is 4. The Kier molecular flexibility index (Phi) is 4.35. The maximum atomic E-state index is 12.9. The molecule has 0 aliphatic carbocycles. The summed E-state index contributed by atoms with van der Waals surface area (Å²) in [6.45, 7) is 6.31. The molecule has 1 aromatic heterocycles. The van der Waals surface area contributed by atoms with E-state index in [0.29, 0.717) is 11.4 Å². The van der Waals surface area contributed by atoms with Crippen LogP contribution in [0.5, 0.6) is 0 Å². The highest BCUT2D eigenvalue weighted by atomic mass is 32.2. The van der Waals surface area contributed by atoms with Crippen LogP contribution in [0.4, 0.5) is 0 Å². The molecule has 1 saturated heterocycles. The van der Waals surface area contributed by atoms with Crippen LogP contribution < -0.4 is 5.73 Å². The van der Waals surface area contributed by atoms with Gasteiger partial charge >= 0.3 is 0 Å². The van der Waals surface area contributed by atoms with E-state index in [4.69, 9.17) is 5.73 Å². The number of aryl methyl sites for hydroxylation is 1. The molecule has 2 N–H and O–H groups in total. The third-order valence-corrected chi connectivity index (χ3v) is 7.26. The molecule has 0 amide bonds. The molecule has 0 aromatic carbocycles. The minimum absolute atomic E-state index is 0.0931. The van der Waals surface area contributed by atoms with Crippen LogP contribution in [0, 0.1) is 6.92 Å². The summed E-state index contributed by atoms with van der Waals surface area (Å²) in [5, 5.41) is 0. The van der Waals surface area contributed by atoms with Crippen LogP contribution >= 0.6 is 11.3 Å². The van der Waals surface area contributed by atoms with Gasteiger partial charge in [0.1, 0.15) is 0 Å². The van der Waals surface area contributed by atoms with Crippen molar-refractivity contribution in [1.82, 2.24) is 4.31 Å². The largest absolute Gasteiger partial charge is 0.326 e. The highest BCUT2D eigenvalue weighted by molar-refractivity contribution is 7.89. The highest BCUT2D eigenvalue weighted by Crippen LogP contribution is 2.35. The molecule has 2 rings (SSSR count). The summed E-state index contributed by atoms with van der Waals surface area (Å²) in [4.78, 5) is 2.22. The fourth-order valence-corrected chi connectivity index (χ4v) is 6.30. The Morgan fingerprint density at radius 3 is 2.68 bits per heavy atom. The molecule has 2 unspecified atom stereocenters. The SMILES string of the molecule is CCC1CCC(C)N1S(=O)(=O)c1cc(CN)sc1C. The third kappa shape index (κ3) is 2.59. The molecule has 1 aliphatic rings. The molecule has 108 valence electrons. The summed E-state index contributed by atoms with van der Waals surface area (Å²) in [6, 6.07) is 1.98. The molecule has 0 bridgehead atoms. The van der Waals surface area contributed by atoms with Crippen LogP contribution in [0.1, 0.15) is 42.9 Å². The first-order valence-corrected chi connectivity index (χ1v) is 9.00. The van der Waals surface area contributed by atoms with E-state index in [-0.39, 0.29) is 12.1 Å². The van der Waals surface area contributed by atoms with Crippen molar-refractivity contribution >= 4 is 21.4 Å². The van der Waals surface area contributed by atoms with Crippen molar-refractivity contribution in [3.05, 3.63) is 15.8 Å². The van der Waals surface area contributed by atoms with Gasteiger partial charge in [-0.15, -0.1) is 11.3 Å². The topological polar surface area (TPSA) is 63.4 Å². The van der Waals surface area contributed by atoms with Crippen molar-refractivity contribution in [2.45, 2.75) is 63.6 Å². The van der Waals surface area contributed by atoms with Crippen molar-refractivity contribution in [1.29, 1.82) is 0 Å². The minimum Gasteiger partial charge on any atom is -0.326 e. The number of hydrogen-bond donors (Lipinski definition) is 1. The molecule has 0 radical (unpaired) electrons. The number of hydrogen-bond acceptors (Lipinski definition) is 4. The van der Waals surface area contributed by atoms with Crippen LogP contribution in [0.3, 0.4) is 0 Å². The maximum absolute atomic E-state index is 12.9. The first-order chi connectivity index (χ1) is 8.91. The first-order valence-electron chi connectivity index (χ1n) is 6.74. The van der Waals surface area contributed by atoms with E-state index < -0.39 is 10.0 Å². The second-order valence-corrected chi connectivity index (χ2v) is 8.31. The van der Waals surface area contributed by atoms with Gasteiger partial charge in [-0.3, -0.25) is 0 Å². The van der Waals surface area contributed by atoms with E-state index in [9.17, 15) is 8.42 Å². The van der Waals surface area contributed by atoms with Crippen molar-refractivity contribution in [3.63, 3.8) is 0 Å². The van der Waals surface area contributed by atoms with Gasteiger partial charge in [0.2, 0.25) is 10.0 Å². The van der Waals surface area contributed by atoms with Crippen LogP contribution in [-0.2, 0) is 16.6 Å². The molecule has 6 heteroatoms. The van der Waals surface area contributed by atoms with Crippen molar-refractivity contribution in [2.24, 2.45) is 5.73 Å². The Labute approximate surface area is 119 Å². The van der Waals surface area contributed by atoms with Gasteiger partial charge in [0, 0.05) is 28.4 Å². The average Bonchev–Trinajstić information content (AvgIpc) is 2.92. The van der Waals surface area contributed by atoms with Crippen LogP contribution in [0.2, 0.25) is 0 Å². The van der Waals surface area contributed by atoms with E-state index in [0.717, 1.165) is 29.0 Å². The van der Waals surface area contributed by atoms with Gasteiger partial charge in [0.15, 0.2) is 0 Å². The quantitative estimate of drug-likeness (QED) is 0.929. The number of sulfonamides is 1. The van der Waals surface area contributed by atoms with Gasteiger partial charge < -0.3 is 5.73 Å². The zero-order chi connectivity index (χ0) is 14.2. The van der Waals surface area contributed by atoms with Crippen molar-refractivity contribution < 1.29 is 8.42 Å². The molecule has 0 spiro atoms. The second-order valence-electron chi connectivity index (χ2n) is 5.16. The predicted molar refractivity (Wildman–Crippen MR) is 78.7 cm³/mol. The highest BCUT2D eigenvalue weighted by Gasteiger charge is 2.40. The summed E-state index contributed by atoms with van der Waals surface area (Å²) in [7, 11) is -3.38. The molecule has 2 atom stereocenters. The van der Waals surface area contributed by atoms with Crippen LogP contribution in [0.25, 0.3) is 0 Å². The Balaban J connectivity index is 2.43. The lowest BCUT2D eigenvalue weighted by molar-refractivity contribution is 0.328. The normalized spacial score (nSPS) is 25.1. The van der Waals surface area contributed by atoms with E-state index in [1.54, 1.807) is 10.4 Å². The smallest absolute Gasteiger partial charge is 0.244 e. The number of nitrogens with zero attached hydrogens (tertiary/aromatic N) is 1. The minimum atomic E-state index is -3.38. The average molecular weight is 302 g/mol. The summed E-state index contributed by atoms with van der Waals surface area (Å²) in [6.07, 6.45) is 2.78. The lowest BCUT2D eigenvalue weighted by Gasteiger charge is -2.26. The summed E-state index contributed by atoms with van der Waals surface area (Å²) in [5.41, 5.74) is 5.61. The second kappa shape index (κ2) is 5.52. The third-order valence-electron chi connectivity index (χ3n) is 3.86. The summed E-state index contributed by atoms with van der Waals surface area (Å²) in [5.74, 6) is 0. The van der Waals surface area contributed by atoms with Crippen molar-refractivity contribution in [2.75, 3.05) is 0 Å². The van der Waals surface area contributed by atoms with E-state index >= 15 is 0 Å². The standard InChI is InChI=1S/C13H22N2O2S2/c1-4-11-6-5-9(2)15(11)19(16,17)13-7-12(8-14)18-10(13)3/h7,9,11H,4-6,8,14H2,1-3H3. The van der Waals surface area contributed by atoms with E-state index in [2.05, 4.69) is 6.92 Å². The van der Waals surface area contributed by atoms with E-state index in [1.165, 1.54) is 11.3 Å². The van der Waals surface area contributed by atoms with Gasteiger partial charge in [-0.2, -0.15) is 4.31 Å². The van der Waals surface area contributed by atoms with Gasteiger partial charge in [0.25, 0.3) is 0 Å². The summed E-state index contributed by atoms with van der Waals surface area (Å²) < 4.78 is 27.4. The molecule has 1 aliphatic heterocycles. The Bertz CT molecular complexity index is 551. The fraction of sp³-hybridized carbons (Fsp3) is 0.692. The predicted octanol–water partition coefficient (Wildman–Crippen LogP) is 2.47. The Hall–Kier alpha value is -0.430. The zero-order valence-corrected chi connectivity index (χ0v) is 13.4. The van der Waals surface area contributed by atoms with Gasteiger partial charge in [-0.05, 0) is 39.2 Å². The van der Waals surface area contributed by atoms with Gasteiger partial charge in [-0.25, -0.2) is 8.42 Å². The first kappa shape index (κ1) is 15.0. The number of nitrogens with two attached hydrogens (primary N) is 1. The van der Waals surface area contributed by atoms with E-state index in [1.807, 2.05) is 13.8 Å². The van der Waals surface area contributed by atoms with Crippen LogP contribution in [0.15, 0.2) is 11.0 Å². The molecule has 4 nitrogen and oxygen atoms in total. The molecular weight excluding hydrogens is 280 g/mol. The lowest BCUT2D eigenvalue weighted by atomic mass is 10.2. The maximum Gasteiger partial charge on any atom is 0.244 e.